The Morgan fingerprint density at radius 1 is 0.893 bits per heavy atom. The van der Waals surface area contributed by atoms with Crippen molar-refractivity contribution in [2.45, 2.75) is 19.5 Å². The smallest absolute Gasteiger partial charge is 0.134 e. The van der Waals surface area contributed by atoms with Crippen LogP contribution in [0.3, 0.4) is 0 Å². The van der Waals surface area contributed by atoms with E-state index in [0.717, 1.165) is 44.4 Å². The summed E-state index contributed by atoms with van der Waals surface area (Å²) in [7, 11) is 0. The fraction of sp³-hybridized carbons (Fsp3) is 0.304. The molecule has 1 aromatic heterocycles. The van der Waals surface area contributed by atoms with Gasteiger partial charge in [-0.1, -0.05) is 60.7 Å². The minimum Gasteiger partial charge on any atom is -0.363 e. The van der Waals surface area contributed by atoms with Gasteiger partial charge in [-0.2, -0.15) is 0 Å². The van der Waals surface area contributed by atoms with E-state index in [-0.39, 0.29) is 6.04 Å². The van der Waals surface area contributed by atoms with E-state index < -0.39 is 0 Å². The van der Waals surface area contributed by atoms with Crippen LogP contribution in [0, 0.1) is 0 Å². The third-order valence-corrected chi connectivity index (χ3v) is 5.26. The maximum atomic E-state index is 4.51. The second kappa shape index (κ2) is 8.85. The standard InChI is InChI=1S/C23H27N5/c1-19(21-10-6-3-7-11-21)26-22-16-23(25-18-24-22)28-14-12-27(13-15-28)17-20-8-4-2-5-9-20/h2-11,16,18-19H,12-15,17H2,1H3,(H,24,25,26)/t19-/m0/s1. The lowest BCUT2D eigenvalue weighted by atomic mass is 10.1. The van der Waals surface area contributed by atoms with Gasteiger partial charge in [0.25, 0.3) is 0 Å². The summed E-state index contributed by atoms with van der Waals surface area (Å²) >= 11 is 0. The molecule has 3 aromatic rings. The molecule has 1 aliphatic heterocycles. The number of nitrogens with zero attached hydrogens (tertiary/aromatic N) is 4. The average Bonchev–Trinajstić information content (AvgIpc) is 2.76. The number of hydrogen-bond donors (Lipinski definition) is 1. The molecule has 0 unspecified atom stereocenters. The second-order valence-corrected chi connectivity index (χ2v) is 7.29. The zero-order valence-corrected chi connectivity index (χ0v) is 16.3. The lowest BCUT2D eigenvalue weighted by molar-refractivity contribution is 0.249. The van der Waals surface area contributed by atoms with Crippen LogP contribution in [0.4, 0.5) is 11.6 Å². The molecular formula is C23H27N5. The number of hydrogen-bond acceptors (Lipinski definition) is 5. The third-order valence-electron chi connectivity index (χ3n) is 5.26. The van der Waals surface area contributed by atoms with Crippen molar-refractivity contribution in [1.29, 1.82) is 0 Å². The van der Waals surface area contributed by atoms with Crippen LogP contribution >= 0.6 is 0 Å². The summed E-state index contributed by atoms with van der Waals surface area (Å²) in [6, 6.07) is 23.4. The van der Waals surface area contributed by atoms with Gasteiger partial charge < -0.3 is 10.2 Å². The normalized spacial score (nSPS) is 16.0. The van der Waals surface area contributed by atoms with E-state index in [1.54, 1.807) is 6.33 Å². The summed E-state index contributed by atoms with van der Waals surface area (Å²) < 4.78 is 0. The van der Waals surface area contributed by atoms with Gasteiger partial charge in [0.1, 0.15) is 18.0 Å². The van der Waals surface area contributed by atoms with Crippen molar-refractivity contribution in [3.63, 3.8) is 0 Å². The molecule has 144 valence electrons. The number of aromatic nitrogens is 2. The predicted molar refractivity (Wildman–Crippen MR) is 114 cm³/mol. The highest BCUT2D eigenvalue weighted by molar-refractivity contribution is 5.49. The first-order chi connectivity index (χ1) is 13.8. The van der Waals surface area contributed by atoms with Crippen molar-refractivity contribution in [2.75, 3.05) is 36.4 Å². The predicted octanol–water partition coefficient (Wildman–Crippen LogP) is 3.97. The Bertz CT molecular complexity index is 860. The summed E-state index contributed by atoms with van der Waals surface area (Å²) in [6.07, 6.45) is 1.66. The van der Waals surface area contributed by atoms with Gasteiger partial charge in [0.05, 0.1) is 0 Å². The Labute approximate surface area is 167 Å². The quantitative estimate of drug-likeness (QED) is 0.708. The molecule has 5 heteroatoms. The van der Waals surface area contributed by atoms with Crippen LogP contribution in [0.15, 0.2) is 73.1 Å². The Hall–Kier alpha value is -2.92. The Kier molecular flexibility index (Phi) is 5.83. The molecule has 0 saturated carbocycles. The summed E-state index contributed by atoms with van der Waals surface area (Å²) in [5.41, 5.74) is 2.62. The van der Waals surface area contributed by atoms with Crippen LogP contribution in [0.1, 0.15) is 24.1 Å². The molecule has 2 heterocycles. The first-order valence-corrected chi connectivity index (χ1v) is 9.93. The van der Waals surface area contributed by atoms with Crippen LogP contribution in [0.5, 0.6) is 0 Å². The number of nitrogens with one attached hydrogen (secondary N) is 1. The van der Waals surface area contributed by atoms with Gasteiger partial charge >= 0.3 is 0 Å². The molecule has 0 bridgehead atoms. The molecule has 4 rings (SSSR count). The van der Waals surface area contributed by atoms with Crippen molar-refractivity contribution in [1.82, 2.24) is 14.9 Å². The van der Waals surface area contributed by atoms with Crippen LogP contribution < -0.4 is 10.2 Å². The summed E-state index contributed by atoms with van der Waals surface area (Å²) in [6.45, 7) is 7.22. The van der Waals surface area contributed by atoms with Gasteiger partial charge in [0.2, 0.25) is 0 Å². The van der Waals surface area contributed by atoms with Gasteiger partial charge in [-0.25, -0.2) is 9.97 Å². The summed E-state index contributed by atoms with van der Waals surface area (Å²) in [5, 5.41) is 3.49. The van der Waals surface area contributed by atoms with Crippen molar-refractivity contribution in [3.05, 3.63) is 84.2 Å². The van der Waals surface area contributed by atoms with E-state index in [4.69, 9.17) is 0 Å². The number of rotatable bonds is 6. The van der Waals surface area contributed by atoms with Crippen molar-refractivity contribution < 1.29 is 0 Å². The molecule has 5 nitrogen and oxygen atoms in total. The maximum Gasteiger partial charge on any atom is 0.134 e. The molecule has 0 radical (unpaired) electrons. The summed E-state index contributed by atoms with van der Waals surface area (Å²) in [4.78, 5) is 13.8. The molecule has 2 aromatic carbocycles. The van der Waals surface area contributed by atoms with Crippen LogP contribution in [0.2, 0.25) is 0 Å². The molecule has 0 spiro atoms. The van der Waals surface area contributed by atoms with E-state index in [9.17, 15) is 0 Å². The Morgan fingerprint density at radius 3 is 2.29 bits per heavy atom. The van der Waals surface area contributed by atoms with Gasteiger partial charge in [0.15, 0.2) is 0 Å². The van der Waals surface area contributed by atoms with Crippen LogP contribution in [0.25, 0.3) is 0 Å². The molecule has 1 N–H and O–H groups in total. The highest BCUT2D eigenvalue weighted by Crippen LogP contribution is 2.21. The Morgan fingerprint density at radius 2 is 1.57 bits per heavy atom. The minimum absolute atomic E-state index is 0.201. The highest BCUT2D eigenvalue weighted by Gasteiger charge is 2.18. The van der Waals surface area contributed by atoms with Gasteiger partial charge in [-0.3, -0.25) is 4.90 Å². The van der Waals surface area contributed by atoms with Crippen LogP contribution in [-0.2, 0) is 6.54 Å². The fourth-order valence-corrected chi connectivity index (χ4v) is 3.62. The molecule has 1 aliphatic rings. The van der Waals surface area contributed by atoms with E-state index in [0.29, 0.717) is 0 Å². The molecule has 0 amide bonds. The number of anilines is 2. The zero-order valence-electron chi connectivity index (χ0n) is 16.3. The molecule has 0 aliphatic carbocycles. The van der Waals surface area contributed by atoms with Crippen molar-refractivity contribution in [3.8, 4) is 0 Å². The maximum absolute atomic E-state index is 4.51. The first kappa shape index (κ1) is 18.4. The highest BCUT2D eigenvalue weighted by atomic mass is 15.3. The molecular weight excluding hydrogens is 346 g/mol. The Balaban J connectivity index is 1.35. The zero-order chi connectivity index (χ0) is 19.2. The first-order valence-electron chi connectivity index (χ1n) is 9.93. The SMILES string of the molecule is C[C@H](Nc1cc(N2CCN(Cc3ccccc3)CC2)ncn1)c1ccccc1. The minimum atomic E-state index is 0.201. The summed E-state index contributed by atoms with van der Waals surface area (Å²) in [5.74, 6) is 1.87. The second-order valence-electron chi connectivity index (χ2n) is 7.29. The monoisotopic (exact) mass is 373 g/mol. The number of piperazine rings is 1. The lowest BCUT2D eigenvalue weighted by Gasteiger charge is -2.35. The topological polar surface area (TPSA) is 44.3 Å². The van der Waals surface area contributed by atoms with Crippen LogP contribution in [-0.4, -0.2) is 41.0 Å². The lowest BCUT2D eigenvalue weighted by Crippen LogP contribution is -2.46. The van der Waals surface area contributed by atoms with E-state index in [1.807, 2.05) is 6.07 Å². The van der Waals surface area contributed by atoms with E-state index in [1.165, 1.54) is 11.1 Å². The van der Waals surface area contributed by atoms with Crippen molar-refractivity contribution in [2.24, 2.45) is 0 Å². The van der Waals surface area contributed by atoms with Gasteiger partial charge in [-0.15, -0.1) is 0 Å². The van der Waals surface area contributed by atoms with Gasteiger partial charge in [-0.05, 0) is 18.1 Å². The molecule has 28 heavy (non-hydrogen) atoms. The van der Waals surface area contributed by atoms with Crippen molar-refractivity contribution >= 4 is 11.6 Å². The van der Waals surface area contributed by atoms with E-state index >= 15 is 0 Å². The fourth-order valence-electron chi connectivity index (χ4n) is 3.62. The average molecular weight is 374 g/mol. The molecule has 1 atom stereocenters. The number of benzene rings is 2. The molecule has 1 saturated heterocycles. The van der Waals surface area contributed by atoms with Gasteiger partial charge in [0, 0.05) is 44.8 Å². The largest absolute Gasteiger partial charge is 0.363 e. The molecule has 1 fully saturated rings. The third kappa shape index (κ3) is 4.67. The van der Waals surface area contributed by atoms with E-state index in [2.05, 4.69) is 92.7 Å².